The molecular formula is C19H19N5O. The van der Waals surface area contributed by atoms with Crippen LogP contribution >= 0.6 is 0 Å². The Morgan fingerprint density at radius 1 is 1.12 bits per heavy atom. The maximum Gasteiger partial charge on any atom is 0.228 e. The molecule has 0 amide bonds. The van der Waals surface area contributed by atoms with Crippen molar-refractivity contribution in [3.8, 4) is 11.5 Å². The first kappa shape index (κ1) is 15.5. The summed E-state index contributed by atoms with van der Waals surface area (Å²) >= 11 is 0. The molecule has 4 rings (SSSR count). The normalized spacial score (nSPS) is 12.6. The number of fused-ring (bicyclic) bond motifs is 1. The first-order chi connectivity index (χ1) is 12.2. The van der Waals surface area contributed by atoms with Crippen LogP contribution in [0.3, 0.4) is 0 Å². The second-order valence-corrected chi connectivity index (χ2v) is 6.24. The Labute approximate surface area is 145 Å². The van der Waals surface area contributed by atoms with Crippen LogP contribution in [0.1, 0.15) is 17.0 Å². The van der Waals surface area contributed by atoms with Gasteiger partial charge in [0.1, 0.15) is 11.3 Å². The molecule has 1 aromatic carbocycles. The first-order valence-corrected chi connectivity index (χ1v) is 8.25. The van der Waals surface area contributed by atoms with E-state index in [1.807, 2.05) is 47.9 Å². The average Bonchev–Trinajstić information content (AvgIpc) is 3.22. The summed E-state index contributed by atoms with van der Waals surface area (Å²) in [5, 5.41) is 4.10. The van der Waals surface area contributed by atoms with Gasteiger partial charge in [-0.3, -0.25) is 4.40 Å². The van der Waals surface area contributed by atoms with Crippen molar-refractivity contribution in [3.63, 3.8) is 0 Å². The minimum Gasteiger partial charge on any atom is -0.339 e. The van der Waals surface area contributed by atoms with Gasteiger partial charge < -0.3 is 10.3 Å². The van der Waals surface area contributed by atoms with Crippen molar-refractivity contribution in [1.82, 2.24) is 19.5 Å². The Balaban J connectivity index is 1.52. The maximum absolute atomic E-state index is 6.23. The van der Waals surface area contributed by atoms with Gasteiger partial charge in [0.2, 0.25) is 11.7 Å². The van der Waals surface area contributed by atoms with Crippen LogP contribution in [-0.4, -0.2) is 25.6 Å². The molecule has 0 saturated carbocycles. The number of benzene rings is 1. The average molecular weight is 333 g/mol. The SMILES string of the molecule is Cc1ccc2ncc(-c3noc(C[C@@H](N)Cc4ccccc4)n3)n2c1. The molecule has 0 aliphatic rings. The van der Waals surface area contributed by atoms with E-state index in [2.05, 4.69) is 27.3 Å². The summed E-state index contributed by atoms with van der Waals surface area (Å²) in [5.41, 5.74) is 10.2. The first-order valence-electron chi connectivity index (χ1n) is 8.25. The van der Waals surface area contributed by atoms with E-state index in [1.165, 1.54) is 5.56 Å². The molecule has 1 atom stereocenters. The highest BCUT2D eigenvalue weighted by molar-refractivity contribution is 5.56. The molecule has 0 saturated heterocycles. The molecule has 0 bridgehead atoms. The van der Waals surface area contributed by atoms with Crippen LogP contribution in [0.4, 0.5) is 0 Å². The molecule has 126 valence electrons. The fourth-order valence-corrected chi connectivity index (χ4v) is 2.91. The number of hydrogen-bond donors (Lipinski definition) is 1. The number of pyridine rings is 1. The minimum atomic E-state index is -0.0693. The van der Waals surface area contributed by atoms with Crippen LogP contribution in [0.15, 0.2) is 59.4 Å². The molecule has 0 fully saturated rings. The van der Waals surface area contributed by atoms with E-state index < -0.39 is 0 Å². The number of aryl methyl sites for hydroxylation is 1. The van der Waals surface area contributed by atoms with E-state index in [4.69, 9.17) is 10.3 Å². The van der Waals surface area contributed by atoms with E-state index in [9.17, 15) is 0 Å². The molecule has 25 heavy (non-hydrogen) atoms. The molecule has 0 aliphatic heterocycles. The van der Waals surface area contributed by atoms with Gasteiger partial charge in [-0.05, 0) is 30.5 Å². The van der Waals surface area contributed by atoms with Crippen molar-refractivity contribution >= 4 is 5.65 Å². The van der Waals surface area contributed by atoms with Gasteiger partial charge in [-0.25, -0.2) is 4.98 Å². The van der Waals surface area contributed by atoms with E-state index in [0.717, 1.165) is 23.3 Å². The van der Waals surface area contributed by atoms with Crippen LogP contribution in [0, 0.1) is 6.92 Å². The zero-order chi connectivity index (χ0) is 17.2. The largest absolute Gasteiger partial charge is 0.339 e. The van der Waals surface area contributed by atoms with Crippen LogP contribution in [0.2, 0.25) is 0 Å². The Kier molecular flexibility index (Phi) is 4.03. The Morgan fingerprint density at radius 2 is 1.96 bits per heavy atom. The fourth-order valence-electron chi connectivity index (χ4n) is 2.91. The molecule has 0 spiro atoms. The summed E-state index contributed by atoms with van der Waals surface area (Å²) in [6.45, 7) is 2.04. The Morgan fingerprint density at radius 3 is 2.80 bits per heavy atom. The van der Waals surface area contributed by atoms with Gasteiger partial charge in [0.15, 0.2) is 0 Å². The molecule has 3 aromatic heterocycles. The van der Waals surface area contributed by atoms with Crippen molar-refractivity contribution < 1.29 is 4.52 Å². The third-order valence-corrected chi connectivity index (χ3v) is 4.13. The summed E-state index contributed by atoms with van der Waals surface area (Å²) < 4.78 is 7.36. The quantitative estimate of drug-likeness (QED) is 0.607. The zero-order valence-corrected chi connectivity index (χ0v) is 14.0. The van der Waals surface area contributed by atoms with Gasteiger partial charge in [0, 0.05) is 18.7 Å². The highest BCUT2D eigenvalue weighted by Crippen LogP contribution is 2.19. The summed E-state index contributed by atoms with van der Waals surface area (Å²) in [7, 11) is 0. The second kappa shape index (κ2) is 6.49. The number of aromatic nitrogens is 4. The lowest BCUT2D eigenvalue weighted by Gasteiger charge is -2.08. The molecule has 3 heterocycles. The lowest BCUT2D eigenvalue weighted by Crippen LogP contribution is -2.25. The lowest BCUT2D eigenvalue weighted by molar-refractivity contribution is 0.368. The number of nitrogens with two attached hydrogens (primary N) is 1. The van der Waals surface area contributed by atoms with Crippen molar-refractivity contribution in [3.05, 3.63) is 71.9 Å². The van der Waals surface area contributed by atoms with E-state index in [0.29, 0.717) is 18.1 Å². The maximum atomic E-state index is 6.23. The summed E-state index contributed by atoms with van der Waals surface area (Å²) in [6, 6.07) is 14.1. The number of nitrogens with zero attached hydrogens (tertiary/aromatic N) is 4. The van der Waals surface area contributed by atoms with Gasteiger partial charge in [-0.1, -0.05) is 41.6 Å². The lowest BCUT2D eigenvalue weighted by atomic mass is 10.0. The molecule has 6 heteroatoms. The summed E-state index contributed by atoms with van der Waals surface area (Å²) in [4.78, 5) is 8.87. The van der Waals surface area contributed by atoms with Gasteiger partial charge in [-0.2, -0.15) is 4.98 Å². The van der Waals surface area contributed by atoms with Crippen molar-refractivity contribution in [2.24, 2.45) is 5.73 Å². The van der Waals surface area contributed by atoms with Crippen LogP contribution < -0.4 is 5.73 Å². The minimum absolute atomic E-state index is 0.0693. The Bertz CT molecular complexity index is 989. The van der Waals surface area contributed by atoms with Crippen LogP contribution in [0.25, 0.3) is 17.2 Å². The van der Waals surface area contributed by atoms with E-state index >= 15 is 0 Å². The molecule has 0 unspecified atom stereocenters. The predicted molar refractivity (Wildman–Crippen MR) is 95.0 cm³/mol. The molecule has 4 aromatic rings. The topological polar surface area (TPSA) is 82.2 Å². The fraction of sp³-hybridized carbons (Fsp3) is 0.211. The number of hydrogen-bond acceptors (Lipinski definition) is 5. The standard InChI is InChI=1S/C19H19N5O/c1-13-7-8-17-21-11-16(24(17)12-13)19-22-18(25-23-19)10-15(20)9-14-5-3-2-4-6-14/h2-8,11-12,15H,9-10,20H2,1H3/t15-/m0/s1. The third-order valence-electron chi connectivity index (χ3n) is 4.13. The van der Waals surface area contributed by atoms with Gasteiger partial charge in [0.05, 0.1) is 6.20 Å². The zero-order valence-electron chi connectivity index (χ0n) is 14.0. The van der Waals surface area contributed by atoms with E-state index in [1.54, 1.807) is 6.20 Å². The Hall–Kier alpha value is -2.99. The highest BCUT2D eigenvalue weighted by atomic mass is 16.5. The van der Waals surface area contributed by atoms with Gasteiger partial charge >= 0.3 is 0 Å². The summed E-state index contributed by atoms with van der Waals surface area (Å²) in [5.74, 6) is 1.07. The third kappa shape index (κ3) is 3.29. The number of rotatable bonds is 5. The van der Waals surface area contributed by atoms with Crippen molar-refractivity contribution in [2.75, 3.05) is 0 Å². The van der Waals surface area contributed by atoms with Crippen LogP contribution in [0.5, 0.6) is 0 Å². The van der Waals surface area contributed by atoms with Crippen molar-refractivity contribution in [2.45, 2.75) is 25.8 Å². The van der Waals surface area contributed by atoms with E-state index in [-0.39, 0.29) is 6.04 Å². The molecule has 0 aliphatic carbocycles. The highest BCUT2D eigenvalue weighted by Gasteiger charge is 2.15. The van der Waals surface area contributed by atoms with Gasteiger partial charge in [0.25, 0.3) is 0 Å². The van der Waals surface area contributed by atoms with Crippen LogP contribution in [-0.2, 0) is 12.8 Å². The predicted octanol–water partition coefficient (Wildman–Crippen LogP) is 2.81. The molecule has 6 nitrogen and oxygen atoms in total. The number of imidazole rings is 1. The summed E-state index contributed by atoms with van der Waals surface area (Å²) in [6.07, 6.45) is 5.08. The van der Waals surface area contributed by atoms with Gasteiger partial charge in [-0.15, -0.1) is 0 Å². The monoisotopic (exact) mass is 333 g/mol. The molecule has 2 N–H and O–H groups in total. The second-order valence-electron chi connectivity index (χ2n) is 6.24. The smallest absolute Gasteiger partial charge is 0.228 e. The molecule has 0 radical (unpaired) electrons. The van der Waals surface area contributed by atoms with Crippen molar-refractivity contribution in [1.29, 1.82) is 0 Å². The molecular weight excluding hydrogens is 314 g/mol.